The Kier molecular flexibility index (Phi) is 6.76. The lowest BCUT2D eigenvalue weighted by Gasteiger charge is -2.12. The highest BCUT2D eigenvalue weighted by Gasteiger charge is 2.27. The molecule has 160 valence electrons. The summed E-state index contributed by atoms with van der Waals surface area (Å²) in [5.41, 5.74) is 0.748. The fourth-order valence-corrected chi connectivity index (χ4v) is 4.49. The summed E-state index contributed by atoms with van der Waals surface area (Å²) in [6.45, 7) is 1.37. The van der Waals surface area contributed by atoms with E-state index in [-0.39, 0.29) is 6.61 Å². The van der Waals surface area contributed by atoms with Crippen molar-refractivity contribution in [2.45, 2.75) is 32.6 Å². The van der Waals surface area contributed by atoms with Crippen molar-refractivity contribution in [3.8, 4) is 0 Å². The predicted molar refractivity (Wildman–Crippen MR) is 104 cm³/mol. The summed E-state index contributed by atoms with van der Waals surface area (Å²) < 4.78 is 44.6. The predicted octanol–water partition coefficient (Wildman–Crippen LogP) is 3.59. The first-order chi connectivity index (χ1) is 14.3. The number of halogens is 3. The normalized spacial score (nSPS) is 12.8. The number of fused-ring (bicyclic) bond motifs is 1. The number of benzene rings is 1. The van der Waals surface area contributed by atoms with Crippen LogP contribution in [-0.4, -0.2) is 30.9 Å². The highest BCUT2D eigenvalue weighted by molar-refractivity contribution is 7.17. The van der Waals surface area contributed by atoms with Crippen LogP contribution in [0.1, 0.15) is 50.9 Å². The zero-order valence-electron chi connectivity index (χ0n) is 16.1. The molecule has 0 aliphatic heterocycles. The third kappa shape index (κ3) is 4.64. The van der Waals surface area contributed by atoms with Crippen molar-refractivity contribution in [1.29, 1.82) is 0 Å². The SMILES string of the molecule is CCOC(=O)c1c(NC(=O)CNC(=O)c2cc(F)c(F)c(F)c2)sc2c1CCCC2. The molecule has 2 aromatic rings. The summed E-state index contributed by atoms with van der Waals surface area (Å²) in [5.74, 6) is -6.79. The first-order valence-corrected chi connectivity index (χ1v) is 10.2. The average Bonchev–Trinajstić information content (AvgIpc) is 3.07. The van der Waals surface area contributed by atoms with Crippen molar-refractivity contribution in [2.75, 3.05) is 18.5 Å². The Morgan fingerprint density at radius 3 is 2.43 bits per heavy atom. The van der Waals surface area contributed by atoms with Crippen LogP contribution in [0.2, 0.25) is 0 Å². The van der Waals surface area contributed by atoms with Crippen molar-refractivity contribution < 1.29 is 32.3 Å². The van der Waals surface area contributed by atoms with Gasteiger partial charge in [0.2, 0.25) is 5.91 Å². The molecular weight excluding hydrogens is 421 g/mol. The first-order valence-electron chi connectivity index (χ1n) is 9.36. The van der Waals surface area contributed by atoms with Gasteiger partial charge in [-0.05, 0) is 50.3 Å². The van der Waals surface area contributed by atoms with E-state index in [0.717, 1.165) is 29.7 Å². The van der Waals surface area contributed by atoms with E-state index in [4.69, 9.17) is 4.74 Å². The Hall–Kier alpha value is -2.88. The number of nitrogens with one attached hydrogen (secondary N) is 2. The van der Waals surface area contributed by atoms with E-state index < -0.39 is 47.3 Å². The molecule has 1 aliphatic carbocycles. The molecule has 3 rings (SSSR count). The summed E-state index contributed by atoms with van der Waals surface area (Å²) >= 11 is 1.29. The molecule has 30 heavy (non-hydrogen) atoms. The average molecular weight is 440 g/mol. The first kappa shape index (κ1) is 21.8. The molecule has 0 saturated carbocycles. The van der Waals surface area contributed by atoms with Gasteiger partial charge in [0.25, 0.3) is 5.91 Å². The van der Waals surface area contributed by atoms with Gasteiger partial charge in [0.1, 0.15) is 5.00 Å². The Labute approximate surface area is 174 Å². The van der Waals surface area contributed by atoms with Crippen LogP contribution in [0.4, 0.5) is 18.2 Å². The highest BCUT2D eigenvalue weighted by atomic mass is 32.1. The van der Waals surface area contributed by atoms with Gasteiger partial charge in [-0.15, -0.1) is 11.3 Å². The van der Waals surface area contributed by atoms with Gasteiger partial charge in [-0.25, -0.2) is 18.0 Å². The number of ether oxygens (including phenoxy) is 1. The van der Waals surface area contributed by atoms with Gasteiger partial charge in [-0.1, -0.05) is 0 Å². The molecule has 1 aliphatic rings. The van der Waals surface area contributed by atoms with Gasteiger partial charge < -0.3 is 15.4 Å². The van der Waals surface area contributed by atoms with Gasteiger partial charge in [0.15, 0.2) is 17.5 Å². The summed E-state index contributed by atoms with van der Waals surface area (Å²) in [6, 6.07) is 1.08. The fourth-order valence-electron chi connectivity index (χ4n) is 3.19. The Morgan fingerprint density at radius 2 is 1.77 bits per heavy atom. The summed E-state index contributed by atoms with van der Waals surface area (Å²) in [5, 5.41) is 5.16. The quantitative estimate of drug-likeness (QED) is 0.531. The second-order valence-electron chi connectivity index (χ2n) is 6.62. The Balaban J connectivity index is 1.70. The fraction of sp³-hybridized carbons (Fsp3) is 0.350. The van der Waals surface area contributed by atoms with Gasteiger partial charge in [0.05, 0.1) is 18.7 Å². The van der Waals surface area contributed by atoms with E-state index in [0.29, 0.717) is 29.1 Å². The van der Waals surface area contributed by atoms with Crippen LogP contribution in [-0.2, 0) is 22.4 Å². The second kappa shape index (κ2) is 9.29. The van der Waals surface area contributed by atoms with Crippen LogP contribution >= 0.6 is 11.3 Å². The molecule has 0 saturated heterocycles. The van der Waals surface area contributed by atoms with Gasteiger partial charge in [0, 0.05) is 10.4 Å². The van der Waals surface area contributed by atoms with E-state index >= 15 is 0 Å². The number of esters is 1. The number of carbonyl (C=O) groups is 3. The lowest BCUT2D eigenvalue weighted by molar-refractivity contribution is -0.115. The number of hydrogen-bond acceptors (Lipinski definition) is 5. The number of aryl methyl sites for hydroxylation is 1. The van der Waals surface area contributed by atoms with Crippen LogP contribution < -0.4 is 10.6 Å². The molecule has 0 bridgehead atoms. The van der Waals surface area contributed by atoms with Crippen molar-refractivity contribution in [3.63, 3.8) is 0 Å². The third-order valence-electron chi connectivity index (χ3n) is 4.56. The molecule has 1 heterocycles. The van der Waals surface area contributed by atoms with E-state index in [1.165, 1.54) is 11.3 Å². The largest absolute Gasteiger partial charge is 0.462 e. The van der Waals surface area contributed by atoms with E-state index in [9.17, 15) is 27.6 Å². The van der Waals surface area contributed by atoms with E-state index in [1.54, 1.807) is 6.92 Å². The molecule has 1 aromatic carbocycles. The Morgan fingerprint density at radius 1 is 1.10 bits per heavy atom. The van der Waals surface area contributed by atoms with Crippen LogP contribution in [0.5, 0.6) is 0 Å². The van der Waals surface area contributed by atoms with Crippen LogP contribution in [0.3, 0.4) is 0 Å². The zero-order valence-corrected chi connectivity index (χ0v) is 16.9. The smallest absolute Gasteiger partial charge is 0.341 e. The van der Waals surface area contributed by atoms with Gasteiger partial charge in [-0.2, -0.15) is 0 Å². The summed E-state index contributed by atoms with van der Waals surface area (Å²) in [7, 11) is 0. The van der Waals surface area contributed by atoms with Crippen LogP contribution in [0.25, 0.3) is 0 Å². The molecule has 0 radical (unpaired) electrons. The molecule has 2 N–H and O–H groups in total. The number of amides is 2. The van der Waals surface area contributed by atoms with Crippen molar-refractivity contribution >= 4 is 34.1 Å². The number of thiophene rings is 1. The molecule has 0 atom stereocenters. The maximum absolute atomic E-state index is 13.3. The number of anilines is 1. The molecule has 6 nitrogen and oxygen atoms in total. The van der Waals surface area contributed by atoms with Crippen molar-refractivity contribution in [3.05, 3.63) is 51.2 Å². The van der Waals surface area contributed by atoms with Crippen molar-refractivity contribution in [2.24, 2.45) is 0 Å². The van der Waals surface area contributed by atoms with Gasteiger partial charge >= 0.3 is 5.97 Å². The number of hydrogen-bond donors (Lipinski definition) is 2. The minimum Gasteiger partial charge on any atom is -0.462 e. The highest BCUT2D eigenvalue weighted by Crippen LogP contribution is 2.38. The molecule has 10 heteroatoms. The Bertz CT molecular complexity index is 983. The lowest BCUT2D eigenvalue weighted by Crippen LogP contribution is -2.33. The number of carbonyl (C=O) groups excluding carboxylic acids is 3. The maximum atomic E-state index is 13.3. The minimum atomic E-state index is -1.68. The maximum Gasteiger partial charge on any atom is 0.341 e. The zero-order chi connectivity index (χ0) is 21.8. The topological polar surface area (TPSA) is 84.5 Å². The molecular formula is C20H19F3N2O4S. The van der Waals surface area contributed by atoms with E-state index in [2.05, 4.69) is 10.6 Å². The molecule has 1 aromatic heterocycles. The molecule has 0 fully saturated rings. The third-order valence-corrected chi connectivity index (χ3v) is 5.77. The monoisotopic (exact) mass is 440 g/mol. The van der Waals surface area contributed by atoms with Gasteiger partial charge in [-0.3, -0.25) is 9.59 Å². The second-order valence-corrected chi connectivity index (χ2v) is 7.73. The van der Waals surface area contributed by atoms with Crippen LogP contribution in [0.15, 0.2) is 12.1 Å². The molecule has 0 spiro atoms. The summed E-state index contributed by atoms with van der Waals surface area (Å²) in [4.78, 5) is 37.7. The van der Waals surface area contributed by atoms with Crippen molar-refractivity contribution in [1.82, 2.24) is 5.32 Å². The van der Waals surface area contributed by atoms with E-state index in [1.807, 2.05) is 0 Å². The summed E-state index contributed by atoms with van der Waals surface area (Å²) in [6.07, 6.45) is 3.45. The number of rotatable bonds is 6. The standard InChI is InChI=1S/C20H19F3N2O4S/c1-2-29-20(28)16-11-5-3-4-6-14(11)30-19(16)25-15(26)9-24-18(27)10-7-12(21)17(23)13(22)8-10/h7-8H,2-6,9H2,1H3,(H,24,27)(H,25,26). The molecule has 2 amide bonds. The minimum absolute atomic E-state index is 0.192. The lowest BCUT2D eigenvalue weighted by atomic mass is 9.95. The molecule has 0 unspecified atom stereocenters. The van der Waals surface area contributed by atoms with Crippen LogP contribution in [0, 0.1) is 17.5 Å².